The van der Waals surface area contributed by atoms with Crippen LogP contribution in [0.2, 0.25) is 0 Å². The summed E-state index contributed by atoms with van der Waals surface area (Å²) in [7, 11) is 0. The number of benzene rings is 2. The quantitative estimate of drug-likeness (QED) is 0.153. The molecule has 5 rings (SSSR count). The number of fused-ring (bicyclic) bond motifs is 2. The van der Waals surface area contributed by atoms with Crippen LogP contribution in [0.3, 0.4) is 0 Å². The van der Waals surface area contributed by atoms with E-state index in [1.807, 2.05) is 12.1 Å². The second-order valence-corrected chi connectivity index (χ2v) is 12.6. The van der Waals surface area contributed by atoms with Crippen molar-refractivity contribution in [2.45, 2.75) is 27.6 Å². The number of nitrogens with one attached hydrogen (secondary N) is 2. The largest absolute Gasteiger partial charge is 0.376 e. The normalized spacial score (nSPS) is 15.3. The van der Waals surface area contributed by atoms with E-state index in [2.05, 4.69) is 20.6 Å². The monoisotopic (exact) mass is 575 g/mol. The zero-order valence-electron chi connectivity index (χ0n) is 19.3. The highest BCUT2D eigenvalue weighted by Gasteiger charge is 2.17. The van der Waals surface area contributed by atoms with Crippen molar-refractivity contribution in [3.05, 3.63) is 46.5 Å². The first-order valence-corrected chi connectivity index (χ1v) is 14.9. The van der Waals surface area contributed by atoms with E-state index in [1.165, 1.54) is 58.3 Å². The van der Waals surface area contributed by atoms with Gasteiger partial charge < -0.3 is 15.4 Å². The Balaban J connectivity index is 1.12. The first-order chi connectivity index (χ1) is 17.9. The van der Waals surface area contributed by atoms with Crippen molar-refractivity contribution in [3.8, 4) is 0 Å². The van der Waals surface area contributed by atoms with Crippen molar-refractivity contribution in [1.82, 2.24) is 15.3 Å². The number of ether oxygens (including phenoxy) is 1. The Hall–Kier alpha value is -2.78. The van der Waals surface area contributed by atoms with Gasteiger partial charge in [0.15, 0.2) is 8.68 Å². The SMILES string of the molecule is O=C(CSc1nc2ccc(NC(=O)CSc3nc4ccc([N+](=O)[O-])cc4s3)cc2s1)NC[C@H]1CCCO1. The molecule has 1 atom stereocenters. The van der Waals surface area contributed by atoms with Crippen molar-refractivity contribution in [2.75, 3.05) is 30.0 Å². The standard InChI is InChI=1S/C23H21N5O5S4/c29-20(24-10-15-2-1-7-33-15)11-34-22-26-16-5-3-13(8-18(16)36-22)25-21(30)12-35-23-27-17-6-4-14(28(31)32)9-19(17)37-23/h3-6,8-9,15H,1-2,7,10-12H2,(H,24,29)(H,25,30)/t15-/m1/s1. The summed E-state index contributed by atoms with van der Waals surface area (Å²) in [6.45, 7) is 1.31. The number of aromatic nitrogens is 2. The molecular formula is C23H21N5O5S4. The molecule has 1 saturated heterocycles. The molecule has 10 nitrogen and oxygen atoms in total. The number of anilines is 1. The highest BCUT2D eigenvalue weighted by atomic mass is 32.2. The third kappa shape index (κ3) is 6.76. The minimum absolute atomic E-state index is 0.0168. The molecular weight excluding hydrogens is 555 g/mol. The average molecular weight is 576 g/mol. The molecule has 1 aliphatic rings. The maximum absolute atomic E-state index is 12.5. The number of nitro groups is 1. The number of carbonyl (C=O) groups excluding carboxylic acids is 2. The number of rotatable bonds is 10. The molecule has 2 amide bonds. The Morgan fingerprint density at radius 2 is 1.70 bits per heavy atom. The topological polar surface area (TPSA) is 136 Å². The van der Waals surface area contributed by atoms with E-state index >= 15 is 0 Å². The lowest BCUT2D eigenvalue weighted by atomic mass is 10.2. The third-order valence-electron chi connectivity index (χ3n) is 5.42. The van der Waals surface area contributed by atoms with E-state index in [0.29, 0.717) is 26.8 Å². The van der Waals surface area contributed by atoms with E-state index in [9.17, 15) is 19.7 Å². The highest BCUT2D eigenvalue weighted by molar-refractivity contribution is 8.02. The Morgan fingerprint density at radius 3 is 2.38 bits per heavy atom. The molecule has 4 aromatic rings. The van der Waals surface area contributed by atoms with Crippen LogP contribution in [0.15, 0.2) is 45.1 Å². The number of non-ortho nitro benzene ring substituents is 1. The van der Waals surface area contributed by atoms with Gasteiger partial charge in [-0.2, -0.15) is 0 Å². The zero-order valence-corrected chi connectivity index (χ0v) is 22.6. The van der Waals surface area contributed by atoms with Crippen molar-refractivity contribution >= 4 is 89.8 Å². The molecule has 2 aromatic carbocycles. The van der Waals surface area contributed by atoms with E-state index < -0.39 is 4.92 Å². The summed E-state index contributed by atoms with van der Waals surface area (Å²) in [5.41, 5.74) is 2.15. The molecule has 192 valence electrons. The highest BCUT2D eigenvalue weighted by Crippen LogP contribution is 2.33. The zero-order chi connectivity index (χ0) is 25.8. The van der Waals surface area contributed by atoms with Crippen LogP contribution in [0.25, 0.3) is 20.4 Å². The number of thioether (sulfide) groups is 2. The maximum Gasteiger partial charge on any atom is 0.270 e. The molecule has 2 aromatic heterocycles. The molecule has 3 heterocycles. The fourth-order valence-electron chi connectivity index (χ4n) is 3.65. The Labute approximate surface area is 227 Å². The van der Waals surface area contributed by atoms with Gasteiger partial charge in [0, 0.05) is 31.0 Å². The van der Waals surface area contributed by atoms with Crippen LogP contribution in [0.5, 0.6) is 0 Å². The van der Waals surface area contributed by atoms with Gasteiger partial charge in [-0.15, -0.1) is 22.7 Å². The van der Waals surface area contributed by atoms with Gasteiger partial charge in [-0.3, -0.25) is 19.7 Å². The predicted octanol–water partition coefficient (Wildman–Crippen LogP) is 4.93. The van der Waals surface area contributed by atoms with E-state index in [4.69, 9.17) is 4.74 Å². The summed E-state index contributed by atoms with van der Waals surface area (Å²) in [5, 5.41) is 16.8. The summed E-state index contributed by atoms with van der Waals surface area (Å²) in [5.74, 6) is 0.213. The molecule has 37 heavy (non-hydrogen) atoms. The van der Waals surface area contributed by atoms with Gasteiger partial charge in [-0.05, 0) is 37.1 Å². The maximum atomic E-state index is 12.5. The lowest BCUT2D eigenvalue weighted by Crippen LogP contribution is -2.32. The summed E-state index contributed by atoms with van der Waals surface area (Å²) in [6.07, 6.45) is 2.14. The summed E-state index contributed by atoms with van der Waals surface area (Å²) in [4.78, 5) is 44.2. The van der Waals surface area contributed by atoms with E-state index in [-0.39, 0.29) is 35.1 Å². The van der Waals surface area contributed by atoms with Crippen LogP contribution in [0.4, 0.5) is 11.4 Å². The fraction of sp³-hybridized carbons (Fsp3) is 0.304. The van der Waals surface area contributed by atoms with Crippen molar-refractivity contribution in [2.24, 2.45) is 0 Å². The molecule has 0 unspecified atom stereocenters. The van der Waals surface area contributed by atoms with Crippen molar-refractivity contribution < 1.29 is 19.2 Å². The van der Waals surface area contributed by atoms with Crippen LogP contribution >= 0.6 is 46.2 Å². The Bertz CT molecular complexity index is 1470. The number of nitro benzene ring substituents is 1. The van der Waals surface area contributed by atoms with E-state index in [1.54, 1.807) is 12.1 Å². The van der Waals surface area contributed by atoms with E-state index in [0.717, 1.165) is 34.0 Å². The first kappa shape index (κ1) is 25.9. The fourth-order valence-corrected chi connectivity index (χ4v) is 7.49. The molecule has 0 bridgehead atoms. The van der Waals surface area contributed by atoms with Crippen LogP contribution in [-0.2, 0) is 14.3 Å². The molecule has 2 N–H and O–H groups in total. The minimum atomic E-state index is -0.439. The molecule has 0 spiro atoms. The van der Waals surface area contributed by atoms with Crippen LogP contribution in [0, 0.1) is 10.1 Å². The molecule has 0 aliphatic carbocycles. The summed E-state index contributed by atoms with van der Waals surface area (Å²) < 4.78 is 8.61. The van der Waals surface area contributed by atoms with Gasteiger partial charge >= 0.3 is 0 Å². The number of amides is 2. The molecule has 0 radical (unpaired) electrons. The Morgan fingerprint density at radius 1 is 1.03 bits per heavy atom. The van der Waals surface area contributed by atoms with Crippen molar-refractivity contribution in [3.63, 3.8) is 0 Å². The number of nitrogens with zero attached hydrogens (tertiary/aromatic N) is 3. The van der Waals surface area contributed by atoms with Crippen LogP contribution in [-0.4, -0.2) is 57.5 Å². The van der Waals surface area contributed by atoms with Gasteiger partial charge in [0.2, 0.25) is 11.8 Å². The van der Waals surface area contributed by atoms with Gasteiger partial charge in [0.1, 0.15) is 0 Å². The number of carbonyl (C=O) groups is 2. The molecule has 14 heteroatoms. The molecule has 0 saturated carbocycles. The number of hydrogen-bond donors (Lipinski definition) is 2. The summed E-state index contributed by atoms with van der Waals surface area (Å²) >= 11 is 5.47. The summed E-state index contributed by atoms with van der Waals surface area (Å²) in [6, 6.07) is 10.0. The second kappa shape index (κ2) is 11.7. The predicted molar refractivity (Wildman–Crippen MR) is 148 cm³/mol. The van der Waals surface area contributed by atoms with Crippen LogP contribution in [0.1, 0.15) is 12.8 Å². The van der Waals surface area contributed by atoms with Crippen molar-refractivity contribution in [1.29, 1.82) is 0 Å². The first-order valence-electron chi connectivity index (χ1n) is 11.3. The third-order valence-corrected chi connectivity index (χ3v) is 9.74. The average Bonchev–Trinajstić information content (AvgIpc) is 3.63. The van der Waals surface area contributed by atoms with Gasteiger partial charge in [-0.25, -0.2) is 9.97 Å². The smallest absolute Gasteiger partial charge is 0.270 e. The van der Waals surface area contributed by atoms with Gasteiger partial charge in [0.05, 0.1) is 43.0 Å². The molecule has 1 aliphatic heterocycles. The number of thiazole rings is 2. The lowest BCUT2D eigenvalue weighted by Gasteiger charge is -2.09. The Kier molecular flexibility index (Phi) is 8.20. The van der Waals surface area contributed by atoms with Gasteiger partial charge in [0.25, 0.3) is 5.69 Å². The number of hydrogen-bond acceptors (Lipinski definition) is 11. The second-order valence-electron chi connectivity index (χ2n) is 8.12. The lowest BCUT2D eigenvalue weighted by molar-refractivity contribution is -0.384. The molecule has 1 fully saturated rings. The van der Waals surface area contributed by atoms with Gasteiger partial charge in [-0.1, -0.05) is 23.5 Å². The van der Waals surface area contributed by atoms with Crippen LogP contribution < -0.4 is 10.6 Å². The minimum Gasteiger partial charge on any atom is -0.376 e.